The highest BCUT2D eigenvalue weighted by Gasteiger charge is 2.28. The second kappa shape index (κ2) is 6.68. The highest BCUT2D eigenvalue weighted by Crippen LogP contribution is 2.28. The van der Waals surface area contributed by atoms with Gasteiger partial charge in [-0.25, -0.2) is 4.98 Å². The van der Waals surface area contributed by atoms with E-state index < -0.39 is 4.92 Å². The van der Waals surface area contributed by atoms with Gasteiger partial charge < -0.3 is 4.90 Å². The molecule has 2 aromatic rings. The van der Waals surface area contributed by atoms with Crippen molar-refractivity contribution in [3.05, 3.63) is 38.1 Å². The number of nitrogens with zero attached hydrogens (tertiary/aromatic N) is 5. The van der Waals surface area contributed by atoms with E-state index in [1.54, 1.807) is 31.4 Å². The lowest BCUT2D eigenvalue weighted by molar-refractivity contribution is -0.386. The minimum Gasteiger partial charge on any atom is -0.340 e. The van der Waals surface area contributed by atoms with Crippen LogP contribution in [0.15, 0.2) is 11.6 Å². The number of hydrogen-bond donors (Lipinski definition) is 0. The van der Waals surface area contributed by atoms with Gasteiger partial charge in [0.05, 0.1) is 9.93 Å². The van der Waals surface area contributed by atoms with Crippen molar-refractivity contribution in [3.63, 3.8) is 0 Å². The van der Waals surface area contributed by atoms with E-state index in [0.29, 0.717) is 24.5 Å². The molecule has 9 heteroatoms. The lowest BCUT2D eigenvalue weighted by atomic mass is 9.99. The van der Waals surface area contributed by atoms with Gasteiger partial charge >= 0.3 is 5.69 Å². The molecule has 0 spiro atoms. The van der Waals surface area contributed by atoms with Crippen LogP contribution in [0.2, 0.25) is 0 Å². The maximum atomic E-state index is 12.6. The van der Waals surface area contributed by atoms with E-state index in [9.17, 15) is 14.9 Å². The van der Waals surface area contributed by atoms with Gasteiger partial charge in [0.15, 0.2) is 0 Å². The van der Waals surface area contributed by atoms with E-state index in [-0.39, 0.29) is 24.1 Å². The molecule has 0 bridgehead atoms. The molecule has 3 heterocycles. The Morgan fingerprint density at radius 1 is 1.50 bits per heavy atom. The Kier molecular flexibility index (Phi) is 4.61. The number of rotatable bonds is 4. The van der Waals surface area contributed by atoms with Gasteiger partial charge in [-0.1, -0.05) is 0 Å². The maximum Gasteiger partial charge on any atom is 0.312 e. The van der Waals surface area contributed by atoms with E-state index in [1.165, 1.54) is 4.68 Å². The van der Waals surface area contributed by atoms with E-state index >= 15 is 0 Å². The van der Waals surface area contributed by atoms with Crippen LogP contribution in [0.25, 0.3) is 0 Å². The van der Waals surface area contributed by atoms with Crippen molar-refractivity contribution in [2.24, 2.45) is 0 Å². The van der Waals surface area contributed by atoms with Gasteiger partial charge in [-0.2, -0.15) is 5.10 Å². The number of aromatic nitrogens is 3. The zero-order chi connectivity index (χ0) is 17.3. The molecule has 8 nitrogen and oxygen atoms in total. The summed E-state index contributed by atoms with van der Waals surface area (Å²) in [7, 11) is 0. The van der Waals surface area contributed by atoms with Crippen LogP contribution in [0, 0.1) is 24.0 Å². The molecule has 1 aliphatic heterocycles. The van der Waals surface area contributed by atoms with Crippen LogP contribution in [0.5, 0.6) is 0 Å². The normalized spacial score (nSPS) is 17.9. The monoisotopic (exact) mass is 349 g/mol. The van der Waals surface area contributed by atoms with Crippen molar-refractivity contribution >= 4 is 22.9 Å². The zero-order valence-corrected chi connectivity index (χ0v) is 14.5. The fourth-order valence-electron chi connectivity index (χ4n) is 3.18. The summed E-state index contributed by atoms with van der Waals surface area (Å²) in [6, 6.07) is 0. The first-order valence-corrected chi connectivity index (χ1v) is 8.71. The summed E-state index contributed by atoms with van der Waals surface area (Å²) >= 11 is 1.62. The van der Waals surface area contributed by atoms with Crippen LogP contribution in [-0.4, -0.2) is 43.6 Å². The van der Waals surface area contributed by atoms with Crippen molar-refractivity contribution in [3.8, 4) is 0 Å². The highest BCUT2D eigenvalue weighted by atomic mass is 32.1. The molecule has 0 radical (unpaired) electrons. The molecule has 1 fully saturated rings. The first kappa shape index (κ1) is 16.6. The molecule has 0 saturated carbocycles. The maximum absolute atomic E-state index is 12.6. The third kappa shape index (κ3) is 3.16. The fraction of sp³-hybridized carbons (Fsp3) is 0.533. The molecule has 1 aliphatic rings. The largest absolute Gasteiger partial charge is 0.340 e. The van der Waals surface area contributed by atoms with E-state index in [4.69, 9.17) is 0 Å². The molecule has 0 aromatic carbocycles. The summed E-state index contributed by atoms with van der Waals surface area (Å²) in [6.45, 7) is 4.60. The number of amides is 1. The number of nitro groups is 1. The van der Waals surface area contributed by atoms with E-state index in [0.717, 1.165) is 17.8 Å². The smallest absolute Gasteiger partial charge is 0.312 e. The summed E-state index contributed by atoms with van der Waals surface area (Å²) in [4.78, 5) is 29.4. The Bertz CT molecular complexity index is 756. The van der Waals surface area contributed by atoms with Crippen LogP contribution in [0.3, 0.4) is 0 Å². The molecule has 128 valence electrons. The zero-order valence-electron chi connectivity index (χ0n) is 13.6. The molecule has 0 aliphatic carbocycles. The molecule has 2 aromatic heterocycles. The fourth-order valence-corrected chi connectivity index (χ4v) is 3.94. The van der Waals surface area contributed by atoms with Crippen molar-refractivity contribution in [2.75, 3.05) is 13.1 Å². The topological polar surface area (TPSA) is 94.2 Å². The molecular weight excluding hydrogens is 330 g/mol. The van der Waals surface area contributed by atoms with E-state index in [1.807, 2.05) is 10.3 Å². The van der Waals surface area contributed by atoms with Crippen molar-refractivity contribution < 1.29 is 9.72 Å². The summed E-state index contributed by atoms with van der Waals surface area (Å²) in [5.74, 6) is 0.217. The van der Waals surface area contributed by atoms with Crippen LogP contribution < -0.4 is 0 Å². The third-order valence-electron chi connectivity index (χ3n) is 4.39. The molecule has 24 heavy (non-hydrogen) atoms. The van der Waals surface area contributed by atoms with Crippen molar-refractivity contribution in [1.82, 2.24) is 19.7 Å². The van der Waals surface area contributed by atoms with E-state index in [2.05, 4.69) is 10.1 Å². The Hall–Kier alpha value is -2.29. The molecule has 0 unspecified atom stereocenters. The van der Waals surface area contributed by atoms with Crippen molar-refractivity contribution in [1.29, 1.82) is 0 Å². The molecule has 3 rings (SSSR count). The number of piperidine rings is 1. The number of thiazole rings is 1. The molecular formula is C15H19N5O3S. The second-order valence-electron chi connectivity index (χ2n) is 5.98. The van der Waals surface area contributed by atoms with Crippen LogP contribution in [-0.2, 0) is 11.3 Å². The van der Waals surface area contributed by atoms with Crippen LogP contribution in [0.1, 0.15) is 35.2 Å². The standard InChI is InChI=1S/C15H19N5O3S/c1-10-14(20(22)23)11(2)19(17-10)9-13(21)18-6-3-4-12(8-18)15-16-5-7-24-15/h5,7,12H,3-4,6,8-9H2,1-2H3/t12-/m1/s1. The second-order valence-corrected chi connectivity index (χ2v) is 6.91. The lowest BCUT2D eigenvalue weighted by Gasteiger charge is -2.31. The first-order valence-electron chi connectivity index (χ1n) is 7.83. The Morgan fingerprint density at radius 3 is 2.92 bits per heavy atom. The Labute approximate surface area is 143 Å². The predicted octanol–water partition coefficient (Wildman–Crippen LogP) is 2.27. The quantitative estimate of drug-likeness (QED) is 0.623. The van der Waals surface area contributed by atoms with Crippen LogP contribution in [0.4, 0.5) is 5.69 Å². The average molecular weight is 349 g/mol. The van der Waals surface area contributed by atoms with Crippen molar-refractivity contribution in [2.45, 2.75) is 39.2 Å². The lowest BCUT2D eigenvalue weighted by Crippen LogP contribution is -2.41. The van der Waals surface area contributed by atoms with Gasteiger partial charge in [0.25, 0.3) is 0 Å². The van der Waals surface area contributed by atoms with Gasteiger partial charge in [-0.05, 0) is 26.7 Å². The van der Waals surface area contributed by atoms with Gasteiger partial charge in [0.1, 0.15) is 17.9 Å². The minimum absolute atomic E-state index is 0.0119. The predicted molar refractivity (Wildman–Crippen MR) is 89.0 cm³/mol. The number of carbonyl (C=O) groups is 1. The molecule has 1 saturated heterocycles. The summed E-state index contributed by atoms with van der Waals surface area (Å²) < 4.78 is 1.43. The summed E-state index contributed by atoms with van der Waals surface area (Å²) in [6.07, 6.45) is 3.76. The van der Waals surface area contributed by atoms with Gasteiger partial charge in [-0.15, -0.1) is 11.3 Å². The summed E-state index contributed by atoms with van der Waals surface area (Å²) in [5, 5.41) is 18.2. The summed E-state index contributed by atoms with van der Waals surface area (Å²) in [5.41, 5.74) is 0.742. The number of carbonyl (C=O) groups excluding carboxylic acids is 1. The minimum atomic E-state index is -0.446. The Balaban J connectivity index is 1.71. The van der Waals surface area contributed by atoms with Gasteiger partial charge in [-0.3, -0.25) is 19.6 Å². The number of likely N-dealkylation sites (tertiary alicyclic amines) is 1. The molecule has 1 amide bonds. The first-order chi connectivity index (χ1) is 11.5. The molecule has 1 atom stereocenters. The van der Waals surface area contributed by atoms with Gasteiger partial charge in [0.2, 0.25) is 5.91 Å². The van der Waals surface area contributed by atoms with Gasteiger partial charge in [0, 0.05) is 30.6 Å². The average Bonchev–Trinajstić information content (AvgIpc) is 3.16. The SMILES string of the molecule is Cc1nn(CC(=O)N2CCC[C@@H](c3nccs3)C2)c(C)c1[N+](=O)[O-]. The number of aryl methyl sites for hydroxylation is 1. The highest BCUT2D eigenvalue weighted by molar-refractivity contribution is 7.09. The van der Waals surface area contributed by atoms with Crippen LogP contribution >= 0.6 is 11.3 Å². The molecule has 0 N–H and O–H groups in total. The Morgan fingerprint density at radius 2 is 2.29 bits per heavy atom. The third-order valence-corrected chi connectivity index (χ3v) is 5.32. The number of hydrogen-bond acceptors (Lipinski definition) is 6.